The Morgan fingerprint density at radius 2 is 0.833 bits per heavy atom. The van der Waals surface area contributed by atoms with Crippen molar-refractivity contribution in [2.45, 2.75) is 38.8 Å². The smallest absolute Gasteiger partial charge is 0.328 e. The summed E-state index contributed by atoms with van der Waals surface area (Å²) in [5, 5.41) is 22.4. The molecule has 0 spiro atoms. The van der Waals surface area contributed by atoms with Gasteiger partial charge < -0.3 is 31.1 Å². The van der Waals surface area contributed by atoms with Crippen LogP contribution in [0.3, 0.4) is 0 Å². The van der Waals surface area contributed by atoms with Gasteiger partial charge in [-0.15, -0.1) is 0 Å². The van der Waals surface area contributed by atoms with E-state index in [0.29, 0.717) is 44.5 Å². The molecular formula is C49H42Cl6N4O7. The molecule has 6 rings (SSSR count). The van der Waals surface area contributed by atoms with Crippen LogP contribution in [0.2, 0.25) is 30.1 Å². The van der Waals surface area contributed by atoms with Gasteiger partial charge >= 0.3 is 5.97 Å². The molecule has 66 heavy (non-hydrogen) atoms. The normalized spacial score (nSPS) is 11.5. The molecule has 0 radical (unpaired) electrons. The number of anilines is 2. The van der Waals surface area contributed by atoms with E-state index in [1.807, 2.05) is 0 Å². The number of amides is 4. The number of carbonyl (C=O) groups excluding carboxylic acids is 5. The molecule has 0 bridgehead atoms. The maximum absolute atomic E-state index is 12.8. The average Bonchev–Trinajstić information content (AvgIpc) is 3.27. The maximum Gasteiger partial charge on any atom is 0.328 e. The molecule has 4 amide bonds. The van der Waals surface area contributed by atoms with Crippen LogP contribution in [-0.4, -0.2) is 60.5 Å². The molecule has 0 fully saturated rings. The fourth-order valence-corrected chi connectivity index (χ4v) is 8.36. The van der Waals surface area contributed by atoms with Crippen molar-refractivity contribution >= 4 is 111 Å². The fourth-order valence-electron chi connectivity index (χ4n) is 6.61. The Hall–Kier alpha value is -5.63. The monoisotopic (exact) mass is 1010 g/mol. The Morgan fingerprint density at radius 1 is 0.485 bits per heavy atom. The van der Waals surface area contributed by atoms with Gasteiger partial charge in [-0.05, 0) is 103 Å². The first kappa shape index (κ1) is 51.4. The lowest BCUT2D eigenvalue weighted by Gasteiger charge is -2.18. The Morgan fingerprint density at radius 3 is 1.20 bits per heavy atom. The van der Waals surface area contributed by atoms with Gasteiger partial charge in [0.1, 0.15) is 6.04 Å². The van der Waals surface area contributed by atoms with Gasteiger partial charge in [-0.25, -0.2) is 4.79 Å². The fraction of sp³-hybridized carbons (Fsp3) is 0.163. The summed E-state index contributed by atoms with van der Waals surface area (Å²) in [6, 6.07) is 32.5. The van der Waals surface area contributed by atoms with Crippen molar-refractivity contribution in [3.63, 3.8) is 0 Å². The van der Waals surface area contributed by atoms with Crippen molar-refractivity contribution in [1.29, 1.82) is 0 Å². The molecule has 0 aliphatic carbocycles. The van der Waals surface area contributed by atoms with Crippen LogP contribution in [0, 0.1) is 13.8 Å². The molecule has 0 aliphatic rings. The number of hydrogen-bond donors (Lipinski definition) is 5. The zero-order valence-electron chi connectivity index (χ0n) is 35.5. The van der Waals surface area contributed by atoms with Crippen molar-refractivity contribution in [2.75, 3.05) is 24.4 Å². The van der Waals surface area contributed by atoms with Gasteiger partial charge in [0.15, 0.2) is 0 Å². The number of carbonyl (C=O) groups is 5. The molecule has 6 aromatic rings. The molecule has 0 saturated carbocycles. The van der Waals surface area contributed by atoms with Gasteiger partial charge in [0.2, 0.25) is 0 Å². The largest absolute Gasteiger partial charge is 0.467 e. The lowest BCUT2D eigenvalue weighted by molar-refractivity contribution is -0.142. The van der Waals surface area contributed by atoms with Crippen molar-refractivity contribution in [1.82, 2.24) is 10.6 Å². The van der Waals surface area contributed by atoms with Crippen LogP contribution in [0.1, 0.15) is 63.7 Å². The highest BCUT2D eigenvalue weighted by Gasteiger charge is 2.25. The number of esters is 1. The van der Waals surface area contributed by atoms with E-state index in [4.69, 9.17) is 74.3 Å². The first-order chi connectivity index (χ1) is 31.5. The highest BCUT2D eigenvalue weighted by Crippen LogP contribution is 2.28. The predicted octanol–water partition coefficient (Wildman–Crippen LogP) is 11.3. The number of nitrogens with one attached hydrogen (secondary N) is 4. The first-order valence-corrected chi connectivity index (χ1v) is 22.3. The Kier molecular flexibility index (Phi) is 18.9. The second kappa shape index (κ2) is 24.2. The third-order valence-corrected chi connectivity index (χ3v) is 11.9. The summed E-state index contributed by atoms with van der Waals surface area (Å²) in [5.74, 6) is -2.27. The van der Waals surface area contributed by atoms with Crippen LogP contribution < -0.4 is 21.3 Å². The molecule has 0 aromatic heterocycles. The average molecular weight is 1010 g/mol. The Balaban J connectivity index is 0.000000248. The van der Waals surface area contributed by atoms with Crippen molar-refractivity contribution < 1.29 is 33.8 Å². The van der Waals surface area contributed by atoms with Gasteiger partial charge in [0, 0.05) is 17.8 Å². The molecule has 0 heterocycles. The molecule has 2 unspecified atom stereocenters. The SMILES string of the molecule is COC(=O)C(Cc1ccc(NC(=O)c2c(Cl)cccc2Cl)cc1)NC(=O)c1c(C)cccc1Cl.Cc1cccc(Cl)c1C(=O)NC(CO)Cc1ccc(NC(=O)c2c(Cl)cccc2Cl)cc1. The van der Waals surface area contributed by atoms with Gasteiger partial charge in [0.25, 0.3) is 23.6 Å². The van der Waals surface area contributed by atoms with Gasteiger partial charge in [0.05, 0.1) is 72.1 Å². The van der Waals surface area contributed by atoms with E-state index in [2.05, 4.69) is 21.3 Å². The summed E-state index contributed by atoms with van der Waals surface area (Å²) in [6.07, 6.45) is 0.572. The van der Waals surface area contributed by atoms with Crippen LogP contribution in [0.25, 0.3) is 0 Å². The standard InChI is InChI=1S/C25H21Cl3N2O4.C24H21Cl3N2O3/c1-14-5-3-6-17(26)21(14)23(31)30-20(25(33)34-2)13-15-9-11-16(12-10-15)29-24(32)22-18(27)7-4-8-19(22)28;1-14-4-2-5-18(25)21(14)23(31)29-17(13-30)12-15-8-10-16(11-9-15)28-24(32)22-19(26)6-3-7-20(22)27/h3-12,20H,13H2,1-2H3,(H,29,32)(H,30,31);2-11,17,30H,12-13H2,1H3,(H,28,32)(H,29,31). The third-order valence-electron chi connectivity index (χ3n) is 9.97. The number of rotatable bonds is 14. The molecular weight excluding hydrogens is 969 g/mol. The van der Waals surface area contributed by atoms with E-state index < -0.39 is 35.8 Å². The van der Waals surface area contributed by atoms with E-state index >= 15 is 0 Å². The minimum Gasteiger partial charge on any atom is -0.467 e. The summed E-state index contributed by atoms with van der Waals surface area (Å²) in [6.45, 7) is 3.33. The lowest BCUT2D eigenvalue weighted by atomic mass is 10.0. The van der Waals surface area contributed by atoms with Gasteiger partial charge in [-0.1, -0.05) is 130 Å². The zero-order valence-corrected chi connectivity index (χ0v) is 40.0. The summed E-state index contributed by atoms with van der Waals surface area (Å²) in [4.78, 5) is 62.8. The summed E-state index contributed by atoms with van der Waals surface area (Å²) in [5.41, 5.74) is 5.20. The molecule has 6 aromatic carbocycles. The number of ether oxygens (including phenoxy) is 1. The molecule has 0 saturated heterocycles. The van der Waals surface area contributed by atoms with E-state index in [9.17, 15) is 29.1 Å². The maximum atomic E-state index is 12.8. The number of methoxy groups -OCH3 is 1. The highest BCUT2D eigenvalue weighted by molar-refractivity contribution is 6.41. The quantitative estimate of drug-likeness (QED) is 0.0678. The predicted molar refractivity (Wildman–Crippen MR) is 263 cm³/mol. The van der Waals surface area contributed by atoms with E-state index in [1.54, 1.807) is 135 Å². The number of halogens is 6. The number of benzene rings is 6. The minimum atomic E-state index is -0.935. The first-order valence-electron chi connectivity index (χ1n) is 20.0. The van der Waals surface area contributed by atoms with E-state index in [0.717, 1.165) is 16.7 Å². The highest BCUT2D eigenvalue weighted by atomic mass is 35.5. The van der Waals surface area contributed by atoms with Gasteiger partial charge in [-0.3, -0.25) is 19.2 Å². The minimum absolute atomic E-state index is 0.173. The number of aliphatic hydroxyl groups excluding tert-OH is 1. The Bertz CT molecular complexity index is 2650. The second-order valence-corrected chi connectivity index (χ2v) is 17.1. The van der Waals surface area contributed by atoms with Crippen LogP contribution in [0.5, 0.6) is 0 Å². The topological polar surface area (TPSA) is 163 Å². The number of hydrogen-bond acceptors (Lipinski definition) is 7. The molecule has 0 aliphatic heterocycles. The van der Waals surface area contributed by atoms with Crippen molar-refractivity contribution in [3.8, 4) is 0 Å². The van der Waals surface area contributed by atoms with Crippen LogP contribution in [-0.2, 0) is 22.4 Å². The number of aliphatic hydroxyl groups is 1. The molecule has 11 nitrogen and oxygen atoms in total. The van der Waals surface area contributed by atoms with Crippen LogP contribution >= 0.6 is 69.6 Å². The van der Waals surface area contributed by atoms with Crippen molar-refractivity contribution in [3.05, 3.63) is 196 Å². The van der Waals surface area contributed by atoms with Crippen LogP contribution in [0.4, 0.5) is 11.4 Å². The van der Waals surface area contributed by atoms with E-state index in [-0.39, 0.29) is 50.2 Å². The summed E-state index contributed by atoms with van der Waals surface area (Å²) >= 11 is 36.7. The molecule has 17 heteroatoms. The summed E-state index contributed by atoms with van der Waals surface area (Å²) < 4.78 is 4.86. The number of aryl methyl sites for hydroxylation is 2. The van der Waals surface area contributed by atoms with Crippen LogP contribution in [0.15, 0.2) is 121 Å². The Labute approximate surface area is 411 Å². The summed E-state index contributed by atoms with van der Waals surface area (Å²) in [7, 11) is 1.25. The van der Waals surface area contributed by atoms with E-state index in [1.165, 1.54) is 7.11 Å². The second-order valence-electron chi connectivity index (χ2n) is 14.7. The van der Waals surface area contributed by atoms with Gasteiger partial charge in [-0.2, -0.15) is 0 Å². The molecule has 2 atom stereocenters. The third kappa shape index (κ3) is 13.7. The van der Waals surface area contributed by atoms with Crippen molar-refractivity contribution in [2.24, 2.45) is 0 Å². The lowest BCUT2D eigenvalue weighted by Crippen LogP contribution is -2.43. The molecule has 342 valence electrons. The molecule has 5 N–H and O–H groups in total. The zero-order chi connectivity index (χ0) is 48.1.